The highest BCUT2D eigenvalue weighted by Crippen LogP contribution is 2.29. The van der Waals surface area contributed by atoms with Gasteiger partial charge >= 0.3 is 5.97 Å². The Bertz CT molecular complexity index is 472. The van der Waals surface area contributed by atoms with Crippen molar-refractivity contribution in [1.82, 2.24) is 4.90 Å². The number of fused-ring (bicyclic) bond motifs is 1. The molecule has 1 atom stereocenters. The average Bonchev–Trinajstić information content (AvgIpc) is 2.88. The number of likely N-dealkylation sites (tertiary alicyclic amines) is 1. The van der Waals surface area contributed by atoms with Crippen LogP contribution in [0.4, 0.5) is 0 Å². The number of carboxylic acids is 1. The minimum atomic E-state index is -0.894. The zero-order valence-corrected chi connectivity index (χ0v) is 12.0. The van der Waals surface area contributed by atoms with Gasteiger partial charge in [0.2, 0.25) is 0 Å². The Kier molecular flexibility index (Phi) is 4.41. The lowest BCUT2D eigenvalue weighted by Crippen LogP contribution is -2.42. The summed E-state index contributed by atoms with van der Waals surface area (Å²) in [5.74, 6) is 0.122. The molecule has 5 nitrogen and oxygen atoms in total. The number of nitrogens with zero attached hydrogens (tertiary/aromatic N) is 1. The van der Waals surface area contributed by atoms with Gasteiger partial charge in [-0.1, -0.05) is 18.2 Å². The highest BCUT2D eigenvalue weighted by atomic mass is 16.5. The topological polar surface area (TPSA) is 59.0 Å². The van der Waals surface area contributed by atoms with Crippen LogP contribution in [0.5, 0.6) is 5.75 Å². The molecule has 1 saturated heterocycles. The number of hydrogen-bond acceptors (Lipinski definition) is 4. The predicted octanol–water partition coefficient (Wildman–Crippen LogP) is 1.56. The van der Waals surface area contributed by atoms with Crippen molar-refractivity contribution >= 4 is 5.97 Å². The molecule has 0 amide bonds. The van der Waals surface area contributed by atoms with Crippen LogP contribution in [0.3, 0.4) is 0 Å². The Morgan fingerprint density at radius 1 is 1.33 bits per heavy atom. The highest BCUT2D eigenvalue weighted by Gasteiger charge is 2.27. The highest BCUT2D eigenvalue weighted by molar-refractivity contribution is 5.68. The molecule has 5 heteroatoms. The molecule has 114 valence electrons. The van der Waals surface area contributed by atoms with Crippen molar-refractivity contribution in [3.63, 3.8) is 0 Å². The van der Waals surface area contributed by atoms with Crippen molar-refractivity contribution < 1.29 is 19.4 Å². The standard InChI is InChI=1S/C16H21NO4/c18-16(19)11-20-13-5-7-17(8-6-13)10-14-9-12-3-1-2-4-15(12)21-14/h1-4,13-14H,5-11H2,(H,18,19). The van der Waals surface area contributed by atoms with Crippen LogP contribution >= 0.6 is 0 Å². The van der Waals surface area contributed by atoms with E-state index >= 15 is 0 Å². The van der Waals surface area contributed by atoms with E-state index in [0.717, 1.165) is 44.6 Å². The van der Waals surface area contributed by atoms with Crippen LogP contribution < -0.4 is 4.74 Å². The van der Waals surface area contributed by atoms with Gasteiger partial charge in [0.15, 0.2) is 0 Å². The van der Waals surface area contributed by atoms with Gasteiger partial charge in [0.1, 0.15) is 18.5 Å². The number of hydrogen-bond donors (Lipinski definition) is 1. The lowest BCUT2D eigenvalue weighted by Gasteiger charge is -2.32. The molecule has 2 aliphatic heterocycles. The van der Waals surface area contributed by atoms with Crippen LogP contribution in [0, 0.1) is 0 Å². The van der Waals surface area contributed by atoms with Crippen LogP contribution in [-0.2, 0) is 16.0 Å². The Hall–Kier alpha value is -1.59. The van der Waals surface area contributed by atoms with Crippen molar-refractivity contribution in [2.75, 3.05) is 26.2 Å². The van der Waals surface area contributed by atoms with Crippen LogP contribution in [0.25, 0.3) is 0 Å². The molecule has 0 bridgehead atoms. The van der Waals surface area contributed by atoms with Crippen LogP contribution in [0.1, 0.15) is 18.4 Å². The van der Waals surface area contributed by atoms with E-state index in [0.29, 0.717) is 0 Å². The summed E-state index contributed by atoms with van der Waals surface area (Å²) in [6.07, 6.45) is 3.09. The molecule has 2 aliphatic rings. The van der Waals surface area contributed by atoms with Gasteiger partial charge in [0.05, 0.1) is 6.10 Å². The quantitative estimate of drug-likeness (QED) is 0.892. The first-order chi connectivity index (χ1) is 10.2. The van der Waals surface area contributed by atoms with Crippen molar-refractivity contribution in [3.8, 4) is 5.75 Å². The van der Waals surface area contributed by atoms with E-state index in [1.807, 2.05) is 12.1 Å². The molecule has 3 rings (SSSR count). The monoisotopic (exact) mass is 291 g/mol. The van der Waals surface area contributed by atoms with Gasteiger partial charge in [-0.3, -0.25) is 4.90 Å². The average molecular weight is 291 g/mol. The number of aliphatic carboxylic acids is 1. The predicted molar refractivity (Wildman–Crippen MR) is 77.6 cm³/mol. The molecule has 0 aliphatic carbocycles. The number of carboxylic acid groups (broad SMARTS) is 1. The van der Waals surface area contributed by atoms with Gasteiger partial charge in [0, 0.05) is 26.1 Å². The van der Waals surface area contributed by atoms with Gasteiger partial charge in [-0.25, -0.2) is 4.79 Å². The maximum atomic E-state index is 10.5. The fraction of sp³-hybridized carbons (Fsp3) is 0.562. The van der Waals surface area contributed by atoms with Gasteiger partial charge in [-0.15, -0.1) is 0 Å². The zero-order valence-electron chi connectivity index (χ0n) is 12.0. The van der Waals surface area contributed by atoms with Gasteiger partial charge in [-0.2, -0.15) is 0 Å². The molecule has 0 radical (unpaired) electrons. The summed E-state index contributed by atoms with van der Waals surface area (Å²) < 4.78 is 11.3. The minimum absolute atomic E-state index is 0.0824. The lowest BCUT2D eigenvalue weighted by molar-refractivity contribution is -0.145. The van der Waals surface area contributed by atoms with Gasteiger partial charge in [0.25, 0.3) is 0 Å². The summed E-state index contributed by atoms with van der Waals surface area (Å²) in [5, 5.41) is 8.62. The van der Waals surface area contributed by atoms with Crippen LogP contribution in [-0.4, -0.2) is 54.4 Å². The van der Waals surface area contributed by atoms with Crippen molar-refractivity contribution in [3.05, 3.63) is 29.8 Å². The summed E-state index contributed by atoms with van der Waals surface area (Å²) in [4.78, 5) is 12.9. The second-order valence-electron chi connectivity index (χ2n) is 5.76. The molecule has 1 aromatic rings. The molecule has 1 aromatic carbocycles. The Morgan fingerprint density at radius 3 is 2.81 bits per heavy atom. The van der Waals surface area contributed by atoms with Crippen molar-refractivity contribution in [2.45, 2.75) is 31.5 Å². The molecule has 0 spiro atoms. The smallest absolute Gasteiger partial charge is 0.329 e. The summed E-state index contributed by atoms with van der Waals surface area (Å²) >= 11 is 0. The fourth-order valence-electron chi connectivity index (χ4n) is 3.09. The van der Waals surface area contributed by atoms with E-state index in [1.165, 1.54) is 5.56 Å². The second kappa shape index (κ2) is 6.45. The van der Waals surface area contributed by atoms with E-state index in [2.05, 4.69) is 17.0 Å². The Morgan fingerprint density at radius 2 is 2.10 bits per heavy atom. The first kappa shape index (κ1) is 14.4. The summed E-state index contributed by atoms with van der Waals surface area (Å²) in [7, 11) is 0. The molecular weight excluding hydrogens is 270 g/mol. The zero-order chi connectivity index (χ0) is 14.7. The van der Waals surface area contributed by atoms with Gasteiger partial charge < -0.3 is 14.6 Å². The molecule has 2 heterocycles. The number of ether oxygens (including phenoxy) is 2. The molecule has 0 saturated carbocycles. The molecule has 0 aromatic heterocycles. The Balaban J connectivity index is 1.41. The van der Waals surface area contributed by atoms with Crippen molar-refractivity contribution in [1.29, 1.82) is 0 Å². The SMILES string of the molecule is O=C(O)COC1CCN(CC2Cc3ccccc3O2)CC1. The molecule has 1 fully saturated rings. The van der Waals surface area contributed by atoms with E-state index < -0.39 is 5.97 Å². The molecule has 21 heavy (non-hydrogen) atoms. The third-order valence-corrected chi connectivity index (χ3v) is 4.15. The number of para-hydroxylation sites is 1. The second-order valence-corrected chi connectivity index (χ2v) is 5.76. The Labute approximate surface area is 124 Å². The van der Waals surface area contributed by atoms with E-state index in [-0.39, 0.29) is 18.8 Å². The number of rotatable bonds is 5. The molecular formula is C16H21NO4. The number of carbonyl (C=O) groups is 1. The number of piperidine rings is 1. The van der Waals surface area contributed by atoms with Crippen LogP contribution in [0.15, 0.2) is 24.3 Å². The fourth-order valence-corrected chi connectivity index (χ4v) is 3.09. The van der Waals surface area contributed by atoms with E-state index in [4.69, 9.17) is 14.6 Å². The molecule has 1 N–H and O–H groups in total. The third-order valence-electron chi connectivity index (χ3n) is 4.15. The maximum absolute atomic E-state index is 10.5. The maximum Gasteiger partial charge on any atom is 0.329 e. The lowest BCUT2D eigenvalue weighted by atomic mass is 10.1. The largest absolute Gasteiger partial charge is 0.488 e. The summed E-state index contributed by atoms with van der Waals surface area (Å²) in [6.45, 7) is 2.63. The summed E-state index contributed by atoms with van der Waals surface area (Å²) in [6, 6.07) is 8.21. The summed E-state index contributed by atoms with van der Waals surface area (Å²) in [5.41, 5.74) is 1.29. The minimum Gasteiger partial charge on any atom is -0.488 e. The normalized spacial score (nSPS) is 22.8. The van der Waals surface area contributed by atoms with E-state index in [9.17, 15) is 4.79 Å². The third kappa shape index (κ3) is 3.74. The van der Waals surface area contributed by atoms with Gasteiger partial charge in [-0.05, 0) is 24.5 Å². The van der Waals surface area contributed by atoms with E-state index in [1.54, 1.807) is 0 Å². The van der Waals surface area contributed by atoms with Crippen LogP contribution in [0.2, 0.25) is 0 Å². The molecule has 1 unspecified atom stereocenters. The first-order valence-electron chi connectivity index (χ1n) is 7.51. The van der Waals surface area contributed by atoms with Crippen molar-refractivity contribution in [2.24, 2.45) is 0 Å². The number of benzene rings is 1. The first-order valence-corrected chi connectivity index (χ1v) is 7.51.